The van der Waals surface area contributed by atoms with Crippen LogP contribution in [0.4, 0.5) is 0 Å². The van der Waals surface area contributed by atoms with Crippen LogP contribution in [0.1, 0.15) is 27.2 Å². The van der Waals surface area contributed by atoms with E-state index in [1.54, 1.807) is 0 Å². The zero-order valence-electron chi connectivity index (χ0n) is 9.51. The maximum atomic E-state index is 4.04. The van der Waals surface area contributed by atoms with Gasteiger partial charge in [0.2, 0.25) is 0 Å². The number of nitrogens with zero attached hydrogens (tertiary/aromatic N) is 1. The molecular weight excluding hydrogens is 160 g/mol. The summed E-state index contributed by atoms with van der Waals surface area (Å²) in [6, 6.07) is 0.319. The molecule has 0 radical (unpaired) electrons. The molecular formula is C11H24N2. The van der Waals surface area contributed by atoms with Crippen molar-refractivity contribution in [3.8, 4) is 0 Å². The molecule has 78 valence electrons. The summed E-state index contributed by atoms with van der Waals surface area (Å²) < 4.78 is 0. The zero-order valence-corrected chi connectivity index (χ0v) is 9.51. The quantitative estimate of drug-likeness (QED) is 0.498. The summed E-state index contributed by atoms with van der Waals surface area (Å²) in [5.41, 5.74) is 0. The molecule has 0 amide bonds. The monoisotopic (exact) mass is 184 g/mol. The normalized spacial score (nSPS) is 13.5. The van der Waals surface area contributed by atoms with Crippen LogP contribution in [-0.2, 0) is 0 Å². The molecule has 0 rings (SSSR count). The Bertz CT molecular complexity index is 121. The average molecular weight is 184 g/mol. The molecule has 13 heavy (non-hydrogen) atoms. The van der Waals surface area contributed by atoms with Crippen LogP contribution in [0.15, 0.2) is 17.6 Å². The fourth-order valence-electron chi connectivity index (χ4n) is 1.18. The number of hydrogen-bond donors (Lipinski definition) is 1. The molecule has 0 aromatic heterocycles. The number of nitrogens with one attached hydrogen (secondary N) is 1. The summed E-state index contributed by atoms with van der Waals surface area (Å²) in [5.74, 6) is 0.419. The SMILES string of the molecule is C=CC(CNC)C(CC)N=C.CC. The maximum Gasteiger partial charge on any atom is 0.0564 e. The highest BCUT2D eigenvalue weighted by Crippen LogP contribution is 2.10. The Labute approximate surface area is 83.2 Å². The average Bonchev–Trinajstić information content (AvgIpc) is 2.21. The van der Waals surface area contributed by atoms with Gasteiger partial charge in [0.1, 0.15) is 0 Å². The van der Waals surface area contributed by atoms with E-state index in [9.17, 15) is 0 Å². The number of aliphatic imine (C=N–C) groups is 1. The third kappa shape index (κ3) is 6.52. The van der Waals surface area contributed by atoms with Crippen molar-refractivity contribution in [2.45, 2.75) is 33.2 Å². The highest BCUT2D eigenvalue weighted by molar-refractivity contribution is 5.24. The van der Waals surface area contributed by atoms with Gasteiger partial charge in [-0.1, -0.05) is 26.8 Å². The standard InChI is InChI=1S/C9H18N2.C2H6/c1-5-8(7-10-3)9(6-2)11-4;1-2/h5,8-10H,1,4,6-7H2,2-3H3;1-2H3. The van der Waals surface area contributed by atoms with Crippen LogP contribution in [0.5, 0.6) is 0 Å². The van der Waals surface area contributed by atoms with Crippen LogP contribution < -0.4 is 5.32 Å². The predicted molar refractivity (Wildman–Crippen MR) is 62.6 cm³/mol. The van der Waals surface area contributed by atoms with Gasteiger partial charge in [0.25, 0.3) is 0 Å². The van der Waals surface area contributed by atoms with Crippen molar-refractivity contribution in [2.75, 3.05) is 13.6 Å². The van der Waals surface area contributed by atoms with Crippen LogP contribution in [0.2, 0.25) is 0 Å². The minimum atomic E-state index is 0.319. The first-order valence-electron chi connectivity index (χ1n) is 5.03. The van der Waals surface area contributed by atoms with Crippen molar-refractivity contribution >= 4 is 6.72 Å². The highest BCUT2D eigenvalue weighted by Gasteiger charge is 2.13. The van der Waals surface area contributed by atoms with Gasteiger partial charge in [-0.25, -0.2) is 0 Å². The van der Waals surface area contributed by atoms with E-state index in [1.807, 2.05) is 27.0 Å². The Morgan fingerprint density at radius 1 is 1.46 bits per heavy atom. The molecule has 0 heterocycles. The summed E-state index contributed by atoms with van der Waals surface area (Å²) in [4.78, 5) is 4.04. The van der Waals surface area contributed by atoms with Gasteiger partial charge >= 0.3 is 0 Å². The molecule has 0 aliphatic heterocycles. The van der Waals surface area contributed by atoms with E-state index in [-0.39, 0.29) is 0 Å². The van der Waals surface area contributed by atoms with E-state index in [0.717, 1.165) is 13.0 Å². The minimum absolute atomic E-state index is 0.319. The summed E-state index contributed by atoms with van der Waals surface area (Å²) in [6.45, 7) is 14.4. The van der Waals surface area contributed by atoms with Gasteiger partial charge in [-0.15, -0.1) is 6.58 Å². The molecule has 0 fully saturated rings. The Balaban J connectivity index is 0. The van der Waals surface area contributed by atoms with Gasteiger partial charge in [0.15, 0.2) is 0 Å². The molecule has 0 bridgehead atoms. The highest BCUT2D eigenvalue weighted by atomic mass is 14.8. The van der Waals surface area contributed by atoms with Gasteiger partial charge in [0.05, 0.1) is 6.04 Å². The molecule has 2 nitrogen and oxygen atoms in total. The fourth-order valence-corrected chi connectivity index (χ4v) is 1.18. The molecule has 2 atom stereocenters. The van der Waals surface area contributed by atoms with Crippen LogP contribution in [0.3, 0.4) is 0 Å². The number of rotatable bonds is 6. The lowest BCUT2D eigenvalue weighted by atomic mass is 9.98. The zero-order chi connectivity index (χ0) is 10.7. The van der Waals surface area contributed by atoms with Crippen molar-refractivity contribution in [1.29, 1.82) is 0 Å². The van der Waals surface area contributed by atoms with E-state index in [1.165, 1.54) is 0 Å². The third-order valence-electron chi connectivity index (χ3n) is 1.89. The number of hydrogen-bond acceptors (Lipinski definition) is 2. The van der Waals surface area contributed by atoms with Crippen LogP contribution in [0, 0.1) is 5.92 Å². The molecule has 0 aliphatic rings. The largest absolute Gasteiger partial charge is 0.319 e. The smallest absolute Gasteiger partial charge is 0.0564 e. The van der Waals surface area contributed by atoms with E-state index in [4.69, 9.17) is 0 Å². The van der Waals surface area contributed by atoms with Gasteiger partial charge in [-0.3, -0.25) is 4.99 Å². The molecule has 0 saturated heterocycles. The van der Waals surface area contributed by atoms with Crippen molar-refractivity contribution < 1.29 is 0 Å². The van der Waals surface area contributed by atoms with Crippen molar-refractivity contribution in [3.05, 3.63) is 12.7 Å². The van der Waals surface area contributed by atoms with Crippen molar-refractivity contribution in [2.24, 2.45) is 10.9 Å². The van der Waals surface area contributed by atoms with Crippen LogP contribution in [0.25, 0.3) is 0 Å². The molecule has 1 N–H and O–H groups in total. The lowest BCUT2D eigenvalue weighted by molar-refractivity contribution is 0.474. The third-order valence-corrected chi connectivity index (χ3v) is 1.89. The topological polar surface area (TPSA) is 24.4 Å². The van der Waals surface area contributed by atoms with Gasteiger partial charge in [-0.2, -0.15) is 0 Å². The summed E-state index contributed by atoms with van der Waals surface area (Å²) in [6.07, 6.45) is 2.97. The van der Waals surface area contributed by atoms with E-state index in [2.05, 4.69) is 30.5 Å². The Hall–Kier alpha value is -0.630. The first kappa shape index (κ1) is 14.9. The second kappa shape index (κ2) is 11.4. The predicted octanol–water partition coefficient (Wildman–Crippen LogP) is 2.51. The molecule has 0 aromatic carbocycles. The Morgan fingerprint density at radius 2 is 2.00 bits per heavy atom. The second-order valence-corrected chi connectivity index (χ2v) is 2.62. The first-order chi connectivity index (χ1) is 6.29. The molecule has 2 unspecified atom stereocenters. The summed E-state index contributed by atoms with van der Waals surface area (Å²) >= 11 is 0. The van der Waals surface area contributed by atoms with Crippen molar-refractivity contribution in [1.82, 2.24) is 5.32 Å². The molecule has 0 aromatic rings. The Kier molecular flexibility index (Phi) is 13.0. The molecule has 0 spiro atoms. The first-order valence-corrected chi connectivity index (χ1v) is 5.03. The van der Waals surface area contributed by atoms with Gasteiger partial charge in [0, 0.05) is 12.5 Å². The lowest BCUT2D eigenvalue weighted by Gasteiger charge is -2.18. The van der Waals surface area contributed by atoms with Crippen LogP contribution in [-0.4, -0.2) is 26.4 Å². The molecule has 0 aliphatic carbocycles. The summed E-state index contributed by atoms with van der Waals surface area (Å²) in [5, 5.41) is 3.11. The van der Waals surface area contributed by atoms with Crippen molar-refractivity contribution in [3.63, 3.8) is 0 Å². The van der Waals surface area contributed by atoms with E-state index in [0.29, 0.717) is 12.0 Å². The van der Waals surface area contributed by atoms with Gasteiger partial charge in [-0.05, 0) is 20.2 Å². The maximum absolute atomic E-state index is 4.04. The van der Waals surface area contributed by atoms with E-state index >= 15 is 0 Å². The van der Waals surface area contributed by atoms with Gasteiger partial charge < -0.3 is 5.32 Å². The lowest BCUT2D eigenvalue weighted by Crippen LogP contribution is -2.26. The molecule has 0 saturated carbocycles. The van der Waals surface area contributed by atoms with E-state index < -0.39 is 0 Å². The summed E-state index contributed by atoms with van der Waals surface area (Å²) in [7, 11) is 1.94. The molecule has 2 heteroatoms. The fraction of sp³-hybridized carbons (Fsp3) is 0.727. The second-order valence-electron chi connectivity index (χ2n) is 2.62. The minimum Gasteiger partial charge on any atom is -0.319 e. The Morgan fingerprint density at radius 3 is 2.23 bits per heavy atom. The van der Waals surface area contributed by atoms with Crippen LogP contribution >= 0.6 is 0 Å².